The van der Waals surface area contributed by atoms with Crippen LogP contribution in [0.4, 0.5) is 5.13 Å². The standard InChI is InChI=1S/C19H21N3O4S2/c1-3-22(4-2)28(24,25)15-10-11-16-17(12-15)27-19(20-16)21-18(23)13-26-14-8-6-5-7-9-14/h5-12H,3-4,13H2,1-2H3,(H,20,21,23). The molecule has 0 atom stereocenters. The van der Waals surface area contributed by atoms with E-state index in [9.17, 15) is 13.2 Å². The maximum absolute atomic E-state index is 12.7. The van der Waals surface area contributed by atoms with E-state index >= 15 is 0 Å². The molecule has 1 N–H and O–H groups in total. The minimum Gasteiger partial charge on any atom is -0.484 e. The zero-order chi connectivity index (χ0) is 20.1. The van der Waals surface area contributed by atoms with Gasteiger partial charge in [0.15, 0.2) is 11.7 Å². The zero-order valence-electron chi connectivity index (χ0n) is 15.6. The number of carbonyl (C=O) groups excluding carboxylic acids is 1. The molecule has 3 aromatic rings. The van der Waals surface area contributed by atoms with Gasteiger partial charge in [-0.1, -0.05) is 43.4 Å². The average Bonchev–Trinajstić information content (AvgIpc) is 3.09. The summed E-state index contributed by atoms with van der Waals surface area (Å²) < 4.78 is 32.8. The first-order chi connectivity index (χ1) is 13.4. The minimum atomic E-state index is -3.54. The third-order valence-electron chi connectivity index (χ3n) is 4.06. The monoisotopic (exact) mass is 419 g/mol. The highest BCUT2D eigenvalue weighted by atomic mass is 32.2. The molecular formula is C19H21N3O4S2. The van der Waals surface area contributed by atoms with E-state index < -0.39 is 10.0 Å². The van der Waals surface area contributed by atoms with Crippen molar-refractivity contribution in [1.29, 1.82) is 0 Å². The van der Waals surface area contributed by atoms with Crippen LogP contribution in [0.2, 0.25) is 0 Å². The first-order valence-electron chi connectivity index (χ1n) is 8.82. The molecule has 0 saturated carbocycles. The van der Waals surface area contributed by atoms with Gasteiger partial charge in [-0.05, 0) is 30.3 Å². The molecule has 0 fully saturated rings. The van der Waals surface area contributed by atoms with Gasteiger partial charge in [-0.15, -0.1) is 0 Å². The molecule has 0 bridgehead atoms. The molecule has 7 nitrogen and oxygen atoms in total. The summed E-state index contributed by atoms with van der Waals surface area (Å²) >= 11 is 1.22. The lowest BCUT2D eigenvalue weighted by molar-refractivity contribution is -0.118. The van der Waals surface area contributed by atoms with Crippen molar-refractivity contribution >= 4 is 42.6 Å². The van der Waals surface area contributed by atoms with Gasteiger partial charge in [0.2, 0.25) is 10.0 Å². The van der Waals surface area contributed by atoms with Crippen molar-refractivity contribution in [3.63, 3.8) is 0 Å². The number of anilines is 1. The number of carbonyl (C=O) groups is 1. The second-order valence-electron chi connectivity index (χ2n) is 5.89. The normalized spacial score (nSPS) is 11.7. The molecule has 3 rings (SSSR count). The number of ether oxygens (including phenoxy) is 1. The Labute approximate surface area is 168 Å². The maximum Gasteiger partial charge on any atom is 0.264 e. The van der Waals surface area contributed by atoms with Crippen LogP contribution in [0.25, 0.3) is 10.2 Å². The SMILES string of the molecule is CCN(CC)S(=O)(=O)c1ccc2nc(NC(=O)COc3ccccc3)sc2c1. The lowest BCUT2D eigenvalue weighted by Crippen LogP contribution is -2.30. The number of nitrogens with zero attached hydrogens (tertiary/aromatic N) is 2. The molecule has 0 aliphatic heterocycles. The fourth-order valence-corrected chi connectivity index (χ4v) is 5.13. The van der Waals surface area contributed by atoms with E-state index in [0.29, 0.717) is 34.2 Å². The molecule has 0 aliphatic carbocycles. The van der Waals surface area contributed by atoms with E-state index in [4.69, 9.17) is 4.74 Å². The van der Waals surface area contributed by atoms with Crippen LogP contribution in [0.3, 0.4) is 0 Å². The molecule has 1 aromatic heterocycles. The van der Waals surface area contributed by atoms with Gasteiger partial charge >= 0.3 is 0 Å². The Balaban J connectivity index is 1.73. The van der Waals surface area contributed by atoms with Crippen molar-refractivity contribution in [3.05, 3.63) is 48.5 Å². The van der Waals surface area contributed by atoms with Crippen molar-refractivity contribution < 1.29 is 17.9 Å². The average molecular weight is 420 g/mol. The number of fused-ring (bicyclic) bond motifs is 1. The Morgan fingerprint density at radius 3 is 2.54 bits per heavy atom. The van der Waals surface area contributed by atoms with Crippen LogP contribution in [-0.2, 0) is 14.8 Å². The summed E-state index contributed by atoms with van der Waals surface area (Å²) in [5.74, 6) is 0.270. The number of amides is 1. The Morgan fingerprint density at radius 2 is 1.86 bits per heavy atom. The molecule has 1 heterocycles. The summed E-state index contributed by atoms with van der Waals surface area (Å²) in [5.41, 5.74) is 0.628. The van der Waals surface area contributed by atoms with E-state index in [0.717, 1.165) is 0 Å². The Hall–Kier alpha value is -2.49. The van der Waals surface area contributed by atoms with Crippen LogP contribution >= 0.6 is 11.3 Å². The van der Waals surface area contributed by atoms with Gasteiger partial charge in [0, 0.05) is 13.1 Å². The number of aromatic nitrogens is 1. The molecule has 2 aromatic carbocycles. The molecule has 1 amide bonds. The number of benzene rings is 2. The van der Waals surface area contributed by atoms with Crippen LogP contribution in [0.1, 0.15) is 13.8 Å². The van der Waals surface area contributed by atoms with Gasteiger partial charge < -0.3 is 4.74 Å². The number of hydrogen-bond donors (Lipinski definition) is 1. The lowest BCUT2D eigenvalue weighted by atomic mass is 10.3. The van der Waals surface area contributed by atoms with Crippen molar-refractivity contribution in [2.75, 3.05) is 25.0 Å². The van der Waals surface area contributed by atoms with E-state index in [1.54, 1.807) is 44.2 Å². The van der Waals surface area contributed by atoms with Crippen LogP contribution in [0.15, 0.2) is 53.4 Å². The predicted octanol–water partition coefficient (Wildman–Crippen LogP) is 3.34. The maximum atomic E-state index is 12.7. The van der Waals surface area contributed by atoms with Gasteiger partial charge in [0.25, 0.3) is 5.91 Å². The summed E-state index contributed by atoms with van der Waals surface area (Å²) in [6.07, 6.45) is 0. The van der Waals surface area contributed by atoms with Crippen LogP contribution in [-0.4, -0.2) is 43.3 Å². The molecule has 0 unspecified atom stereocenters. The van der Waals surface area contributed by atoms with Gasteiger partial charge in [0.05, 0.1) is 15.1 Å². The number of sulfonamides is 1. The summed E-state index contributed by atoms with van der Waals surface area (Å²) in [5, 5.41) is 3.09. The van der Waals surface area contributed by atoms with E-state index in [1.165, 1.54) is 15.6 Å². The van der Waals surface area contributed by atoms with E-state index in [2.05, 4.69) is 10.3 Å². The first-order valence-corrected chi connectivity index (χ1v) is 11.1. The molecule has 0 radical (unpaired) electrons. The number of hydrogen-bond acceptors (Lipinski definition) is 6. The second kappa shape index (κ2) is 8.68. The number of nitrogens with one attached hydrogen (secondary N) is 1. The lowest BCUT2D eigenvalue weighted by Gasteiger charge is -2.18. The Kier molecular flexibility index (Phi) is 6.28. The number of thiazole rings is 1. The fraction of sp³-hybridized carbons (Fsp3) is 0.263. The zero-order valence-corrected chi connectivity index (χ0v) is 17.2. The van der Waals surface area contributed by atoms with Crippen molar-refractivity contribution in [2.45, 2.75) is 18.7 Å². The summed E-state index contributed by atoms with van der Waals surface area (Å²) in [7, 11) is -3.54. The van der Waals surface area contributed by atoms with Crippen molar-refractivity contribution in [2.24, 2.45) is 0 Å². The van der Waals surface area contributed by atoms with E-state index in [-0.39, 0.29) is 17.4 Å². The number of rotatable bonds is 8. The third-order valence-corrected chi connectivity index (χ3v) is 7.04. The largest absolute Gasteiger partial charge is 0.484 e. The third kappa shape index (κ3) is 4.49. The van der Waals surface area contributed by atoms with Crippen LogP contribution < -0.4 is 10.1 Å². The summed E-state index contributed by atoms with van der Waals surface area (Å²) in [4.78, 5) is 16.6. The Bertz CT molecular complexity index is 1060. The molecule has 0 aliphatic rings. The van der Waals surface area contributed by atoms with Gasteiger partial charge in [-0.25, -0.2) is 13.4 Å². The molecule has 148 valence electrons. The van der Waals surface area contributed by atoms with Crippen LogP contribution in [0, 0.1) is 0 Å². The van der Waals surface area contributed by atoms with Gasteiger partial charge in [-0.3, -0.25) is 10.1 Å². The van der Waals surface area contributed by atoms with Crippen molar-refractivity contribution in [1.82, 2.24) is 9.29 Å². The Morgan fingerprint density at radius 1 is 1.14 bits per heavy atom. The second-order valence-corrected chi connectivity index (χ2v) is 8.86. The smallest absolute Gasteiger partial charge is 0.264 e. The van der Waals surface area contributed by atoms with Gasteiger partial charge in [-0.2, -0.15) is 4.31 Å². The summed E-state index contributed by atoms with van der Waals surface area (Å²) in [6.45, 7) is 4.28. The molecule has 0 saturated heterocycles. The van der Waals surface area contributed by atoms with E-state index in [1.807, 2.05) is 18.2 Å². The highest BCUT2D eigenvalue weighted by molar-refractivity contribution is 7.89. The summed E-state index contributed by atoms with van der Waals surface area (Å²) in [6, 6.07) is 13.8. The fourth-order valence-electron chi connectivity index (χ4n) is 2.65. The quantitative estimate of drug-likeness (QED) is 0.605. The minimum absolute atomic E-state index is 0.137. The molecule has 9 heteroatoms. The molecular weight excluding hydrogens is 398 g/mol. The van der Waals surface area contributed by atoms with Gasteiger partial charge in [0.1, 0.15) is 5.75 Å². The first kappa shape index (κ1) is 20.2. The highest BCUT2D eigenvalue weighted by Gasteiger charge is 2.22. The highest BCUT2D eigenvalue weighted by Crippen LogP contribution is 2.29. The molecule has 0 spiro atoms. The van der Waals surface area contributed by atoms with Crippen molar-refractivity contribution in [3.8, 4) is 5.75 Å². The molecule has 28 heavy (non-hydrogen) atoms. The van der Waals surface area contributed by atoms with Crippen LogP contribution in [0.5, 0.6) is 5.75 Å². The topological polar surface area (TPSA) is 88.6 Å². The predicted molar refractivity (Wildman–Crippen MR) is 110 cm³/mol. The number of para-hydroxylation sites is 1.